The highest BCUT2D eigenvalue weighted by molar-refractivity contribution is 5.86. The number of carbonyl (C=O) groups is 1. The molecule has 36 heavy (non-hydrogen) atoms. The number of hydrogen-bond donors (Lipinski definition) is 0. The molecule has 2 rings (SSSR count). The lowest BCUT2D eigenvalue weighted by Gasteiger charge is -2.07. The van der Waals surface area contributed by atoms with Crippen molar-refractivity contribution >= 4 is 17.3 Å². The molecule has 0 aliphatic heterocycles. The first-order valence-corrected chi connectivity index (χ1v) is 13.3. The topological polar surface area (TPSA) is 69.5 Å². The summed E-state index contributed by atoms with van der Waals surface area (Å²) in [5.41, 5.74) is 2.00. The minimum absolute atomic E-state index is 0.317. The summed E-state index contributed by atoms with van der Waals surface area (Å²) in [5, 5.41) is 8.62. The summed E-state index contributed by atoms with van der Waals surface area (Å²) in [6.45, 7) is 9.31. The number of nitrogens with zero attached hydrogens (tertiary/aromatic N) is 2. The van der Waals surface area contributed by atoms with E-state index < -0.39 is 0 Å². The standard InChI is InChI=1S/C30H42N2O4/c1-4-5-6-7-8-11-22-34-28-18-14-26(15-19-28)31-32-27-16-20-29(21-17-27)35-23-12-9-10-13-24-36-30(33)25(2)3/h14-21H,2,4-13,22-24H2,1,3H3. The normalized spacial score (nSPS) is 10.9. The van der Waals surface area contributed by atoms with Crippen LogP contribution in [0.1, 0.15) is 78.1 Å². The monoisotopic (exact) mass is 494 g/mol. The van der Waals surface area contributed by atoms with Gasteiger partial charge in [0, 0.05) is 5.57 Å². The van der Waals surface area contributed by atoms with Crippen molar-refractivity contribution in [2.45, 2.75) is 78.1 Å². The van der Waals surface area contributed by atoms with Gasteiger partial charge in [-0.25, -0.2) is 4.79 Å². The van der Waals surface area contributed by atoms with Crippen molar-refractivity contribution < 1.29 is 19.0 Å². The van der Waals surface area contributed by atoms with Gasteiger partial charge in [-0.2, -0.15) is 10.2 Å². The third-order valence-corrected chi connectivity index (χ3v) is 5.61. The first kappa shape index (κ1) is 29.1. The zero-order valence-corrected chi connectivity index (χ0v) is 22.0. The van der Waals surface area contributed by atoms with E-state index >= 15 is 0 Å². The molecule has 0 aliphatic carbocycles. The summed E-state index contributed by atoms with van der Waals surface area (Å²) >= 11 is 0. The van der Waals surface area contributed by atoms with Crippen LogP contribution in [0.5, 0.6) is 11.5 Å². The zero-order chi connectivity index (χ0) is 25.8. The first-order chi connectivity index (χ1) is 17.6. The number of unbranched alkanes of at least 4 members (excludes halogenated alkanes) is 8. The van der Waals surface area contributed by atoms with Crippen LogP contribution in [0.15, 0.2) is 70.9 Å². The molecule has 0 spiro atoms. The van der Waals surface area contributed by atoms with E-state index in [-0.39, 0.29) is 5.97 Å². The molecule has 2 aromatic carbocycles. The fraction of sp³-hybridized carbons (Fsp3) is 0.500. The number of esters is 1. The van der Waals surface area contributed by atoms with E-state index in [4.69, 9.17) is 14.2 Å². The van der Waals surface area contributed by atoms with Gasteiger partial charge in [0.15, 0.2) is 0 Å². The van der Waals surface area contributed by atoms with Crippen LogP contribution in [-0.4, -0.2) is 25.8 Å². The summed E-state index contributed by atoms with van der Waals surface area (Å²) in [6, 6.07) is 15.3. The number of benzene rings is 2. The van der Waals surface area contributed by atoms with Gasteiger partial charge in [-0.1, -0.05) is 45.6 Å². The summed E-state index contributed by atoms with van der Waals surface area (Å²) in [6.07, 6.45) is 11.4. The number of rotatable bonds is 19. The van der Waals surface area contributed by atoms with Crippen LogP contribution < -0.4 is 9.47 Å². The largest absolute Gasteiger partial charge is 0.494 e. The van der Waals surface area contributed by atoms with Gasteiger partial charge in [0.05, 0.1) is 31.2 Å². The van der Waals surface area contributed by atoms with Crippen molar-refractivity contribution in [2.24, 2.45) is 10.2 Å². The number of azo groups is 1. The molecular weight excluding hydrogens is 452 g/mol. The zero-order valence-electron chi connectivity index (χ0n) is 22.0. The number of carbonyl (C=O) groups excluding carboxylic acids is 1. The molecular formula is C30H42N2O4. The lowest BCUT2D eigenvalue weighted by atomic mass is 10.1. The van der Waals surface area contributed by atoms with Gasteiger partial charge in [0.1, 0.15) is 11.5 Å². The predicted octanol–water partition coefficient (Wildman–Crippen LogP) is 8.90. The molecule has 6 heteroatoms. The Balaban J connectivity index is 1.59. The van der Waals surface area contributed by atoms with Gasteiger partial charge in [-0.3, -0.25) is 0 Å². The molecule has 0 radical (unpaired) electrons. The van der Waals surface area contributed by atoms with Crippen LogP contribution >= 0.6 is 0 Å². The smallest absolute Gasteiger partial charge is 0.333 e. The minimum atomic E-state index is -0.317. The van der Waals surface area contributed by atoms with Crippen LogP contribution in [-0.2, 0) is 9.53 Å². The third kappa shape index (κ3) is 13.1. The van der Waals surface area contributed by atoms with Crippen LogP contribution in [0.2, 0.25) is 0 Å². The van der Waals surface area contributed by atoms with Crippen molar-refractivity contribution in [3.05, 3.63) is 60.7 Å². The maximum Gasteiger partial charge on any atom is 0.333 e. The molecule has 0 fully saturated rings. The van der Waals surface area contributed by atoms with E-state index in [0.29, 0.717) is 18.8 Å². The van der Waals surface area contributed by atoms with Crippen molar-refractivity contribution in [3.63, 3.8) is 0 Å². The first-order valence-electron chi connectivity index (χ1n) is 13.3. The van der Waals surface area contributed by atoms with Crippen LogP contribution in [0, 0.1) is 0 Å². The van der Waals surface area contributed by atoms with Crippen molar-refractivity contribution in [1.82, 2.24) is 0 Å². The molecule has 0 N–H and O–H groups in total. The van der Waals surface area contributed by atoms with Crippen molar-refractivity contribution in [1.29, 1.82) is 0 Å². The van der Waals surface area contributed by atoms with Gasteiger partial charge in [-0.05, 0) is 87.6 Å². The van der Waals surface area contributed by atoms with Gasteiger partial charge in [0.2, 0.25) is 0 Å². The van der Waals surface area contributed by atoms with E-state index in [2.05, 4.69) is 23.7 Å². The highest BCUT2D eigenvalue weighted by Crippen LogP contribution is 2.23. The second kappa shape index (κ2) is 18.2. The Bertz CT molecular complexity index is 908. The molecule has 6 nitrogen and oxygen atoms in total. The molecule has 0 bridgehead atoms. The molecule has 0 amide bonds. The highest BCUT2D eigenvalue weighted by Gasteiger charge is 2.02. The van der Waals surface area contributed by atoms with E-state index in [1.807, 2.05) is 48.5 Å². The number of hydrogen-bond acceptors (Lipinski definition) is 6. The Morgan fingerprint density at radius 3 is 1.53 bits per heavy atom. The average molecular weight is 495 g/mol. The highest BCUT2D eigenvalue weighted by atomic mass is 16.5. The molecule has 196 valence electrons. The second-order valence-corrected chi connectivity index (χ2v) is 8.98. The van der Waals surface area contributed by atoms with E-state index in [0.717, 1.165) is 61.6 Å². The lowest BCUT2D eigenvalue weighted by Crippen LogP contribution is -2.06. The Kier molecular flexibility index (Phi) is 14.7. The van der Waals surface area contributed by atoms with Crippen LogP contribution in [0.4, 0.5) is 11.4 Å². The average Bonchev–Trinajstić information content (AvgIpc) is 2.89. The fourth-order valence-corrected chi connectivity index (χ4v) is 3.44. The molecule has 0 heterocycles. The predicted molar refractivity (Wildman–Crippen MR) is 146 cm³/mol. The van der Waals surface area contributed by atoms with Crippen molar-refractivity contribution in [2.75, 3.05) is 19.8 Å². The molecule has 0 atom stereocenters. The minimum Gasteiger partial charge on any atom is -0.494 e. The molecule has 0 saturated heterocycles. The van der Waals surface area contributed by atoms with E-state index in [9.17, 15) is 4.79 Å². The number of ether oxygens (including phenoxy) is 3. The summed E-state index contributed by atoms with van der Waals surface area (Å²) in [7, 11) is 0. The summed E-state index contributed by atoms with van der Waals surface area (Å²) < 4.78 is 16.7. The third-order valence-electron chi connectivity index (χ3n) is 5.61. The van der Waals surface area contributed by atoms with E-state index in [1.54, 1.807) is 6.92 Å². The Hall–Kier alpha value is -3.15. The quantitative estimate of drug-likeness (QED) is 0.0846. The van der Waals surface area contributed by atoms with Crippen molar-refractivity contribution in [3.8, 4) is 11.5 Å². The lowest BCUT2D eigenvalue weighted by molar-refractivity contribution is -0.139. The SMILES string of the molecule is C=C(C)C(=O)OCCCCCCOc1ccc(N=Nc2ccc(OCCCCCCCC)cc2)cc1. The molecule has 0 unspecified atom stereocenters. The van der Waals surface area contributed by atoms with Gasteiger partial charge < -0.3 is 14.2 Å². The maximum atomic E-state index is 11.3. The van der Waals surface area contributed by atoms with Gasteiger partial charge in [-0.15, -0.1) is 0 Å². The maximum absolute atomic E-state index is 11.3. The van der Waals surface area contributed by atoms with Crippen LogP contribution in [0.25, 0.3) is 0 Å². The molecule has 0 aromatic heterocycles. The summed E-state index contributed by atoms with van der Waals surface area (Å²) in [4.78, 5) is 11.3. The molecule has 0 saturated carbocycles. The van der Waals surface area contributed by atoms with Gasteiger partial charge >= 0.3 is 5.97 Å². The Morgan fingerprint density at radius 2 is 1.08 bits per heavy atom. The molecule has 0 aliphatic rings. The molecule has 2 aromatic rings. The van der Waals surface area contributed by atoms with E-state index in [1.165, 1.54) is 32.1 Å². The Morgan fingerprint density at radius 1 is 0.667 bits per heavy atom. The Labute approximate surface area is 216 Å². The summed E-state index contributed by atoms with van der Waals surface area (Å²) in [5.74, 6) is 1.37. The second-order valence-electron chi connectivity index (χ2n) is 8.98. The van der Waals surface area contributed by atoms with Gasteiger partial charge in [0.25, 0.3) is 0 Å². The fourth-order valence-electron chi connectivity index (χ4n) is 3.44. The van der Waals surface area contributed by atoms with Crippen LogP contribution in [0.3, 0.4) is 0 Å².